The van der Waals surface area contributed by atoms with E-state index in [9.17, 15) is 20.4 Å². The SMILES string of the molecule is OC[C@H](O)[C@H](O)[C@H](O)[C@H](O)/C=N\Nc1nc(N2CCCCC2)nc(N2CCCCC2)n1. The van der Waals surface area contributed by atoms with Gasteiger partial charge in [-0.15, -0.1) is 0 Å². The number of piperidine rings is 2. The number of hydrogen-bond donors (Lipinski definition) is 6. The summed E-state index contributed by atoms with van der Waals surface area (Å²) in [5, 5.41) is 51.6. The number of hydrazone groups is 1. The average Bonchev–Trinajstić information content (AvgIpc) is 2.83. The van der Waals surface area contributed by atoms with E-state index in [-0.39, 0.29) is 5.95 Å². The van der Waals surface area contributed by atoms with Crippen molar-refractivity contribution < 1.29 is 25.5 Å². The van der Waals surface area contributed by atoms with E-state index in [2.05, 4.69) is 35.3 Å². The minimum absolute atomic E-state index is 0.213. The van der Waals surface area contributed by atoms with Gasteiger partial charge < -0.3 is 35.3 Å². The van der Waals surface area contributed by atoms with Gasteiger partial charge in [0.2, 0.25) is 17.8 Å². The largest absolute Gasteiger partial charge is 0.394 e. The lowest BCUT2D eigenvalue weighted by atomic mass is 10.0. The van der Waals surface area contributed by atoms with Crippen LogP contribution in [0.5, 0.6) is 0 Å². The van der Waals surface area contributed by atoms with Crippen LogP contribution in [0.15, 0.2) is 5.10 Å². The Hall–Kier alpha value is -2.12. The minimum atomic E-state index is -1.72. The van der Waals surface area contributed by atoms with Gasteiger partial charge in [0.1, 0.15) is 24.4 Å². The van der Waals surface area contributed by atoms with Gasteiger partial charge in [-0.05, 0) is 38.5 Å². The first kappa shape index (κ1) is 23.5. The van der Waals surface area contributed by atoms with Crippen molar-refractivity contribution in [3.05, 3.63) is 0 Å². The second-order valence-corrected chi connectivity index (χ2v) is 7.97. The van der Waals surface area contributed by atoms with E-state index in [1.54, 1.807) is 0 Å². The predicted molar refractivity (Wildman–Crippen MR) is 115 cm³/mol. The van der Waals surface area contributed by atoms with Gasteiger partial charge in [-0.3, -0.25) is 0 Å². The number of nitrogens with zero attached hydrogens (tertiary/aromatic N) is 6. The van der Waals surface area contributed by atoms with Gasteiger partial charge in [0, 0.05) is 26.2 Å². The molecule has 2 fully saturated rings. The molecule has 2 saturated heterocycles. The lowest BCUT2D eigenvalue weighted by Crippen LogP contribution is -2.46. The molecule has 3 heterocycles. The number of anilines is 3. The van der Waals surface area contributed by atoms with Crippen molar-refractivity contribution in [2.45, 2.75) is 62.9 Å². The third kappa shape index (κ3) is 6.43. The maximum Gasteiger partial charge on any atom is 0.250 e. The standard InChI is InChI=1S/C19H33N7O5/c27-12-14(29)16(31)15(30)13(28)11-20-24-17-21-18(25-7-3-1-4-8-25)23-19(22-17)26-9-5-2-6-10-26/h11,13-16,27-31H,1-10,12H2,(H,21,22,23,24)/b20-11-/t13-,14+,15-,16+/m1/s1. The molecule has 4 atom stereocenters. The number of rotatable bonds is 9. The van der Waals surface area contributed by atoms with Gasteiger partial charge in [0.25, 0.3) is 0 Å². The fourth-order valence-corrected chi connectivity index (χ4v) is 3.67. The summed E-state index contributed by atoms with van der Waals surface area (Å²) < 4.78 is 0. The molecular weight excluding hydrogens is 406 g/mol. The molecule has 2 aliphatic rings. The first-order valence-electron chi connectivity index (χ1n) is 10.9. The monoisotopic (exact) mass is 439 g/mol. The lowest BCUT2D eigenvalue weighted by Gasteiger charge is -2.30. The fraction of sp³-hybridized carbons (Fsp3) is 0.789. The van der Waals surface area contributed by atoms with Crippen molar-refractivity contribution in [3.8, 4) is 0 Å². The Bertz CT molecular complexity index is 677. The van der Waals surface area contributed by atoms with Gasteiger partial charge in [0.15, 0.2) is 0 Å². The van der Waals surface area contributed by atoms with Gasteiger partial charge in [0.05, 0.1) is 12.8 Å². The van der Waals surface area contributed by atoms with Crippen LogP contribution in [0.4, 0.5) is 17.8 Å². The van der Waals surface area contributed by atoms with Gasteiger partial charge in [-0.25, -0.2) is 5.43 Å². The van der Waals surface area contributed by atoms with E-state index in [0.29, 0.717) is 11.9 Å². The van der Waals surface area contributed by atoms with Crippen LogP contribution in [-0.4, -0.2) is 104 Å². The first-order valence-corrected chi connectivity index (χ1v) is 10.9. The molecule has 0 amide bonds. The molecule has 0 aliphatic carbocycles. The lowest BCUT2D eigenvalue weighted by molar-refractivity contribution is -0.0999. The fourth-order valence-electron chi connectivity index (χ4n) is 3.67. The molecule has 1 aromatic rings. The molecule has 0 spiro atoms. The van der Waals surface area contributed by atoms with Gasteiger partial charge in [-0.2, -0.15) is 20.1 Å². The quantitative estimate of drug-likeness (QED) is 0.199. The Morgan fingerprint density at radius 2 is 1.32 bits per heavy atom. The van der Waals surface area contributed by atoms with Crippen molar-refractivity contribution in [1.82, 2.24) is 15.0 Å². The number of hydrogen-bond acceptors (Lipinski definition) is 12. The van der Waals surface area contributed by atoms with Crippen molar-refractivity contribution in [1.29, 1.82) is 0 Å². The highest BCUT2D eigenvalue weighted by Crippen LogP contribution is 2.22. The van der Waals surface area contributed by atoms with E-state index in [0.717, 1.165) is 58.1 Å². The topological polar surface area (TPSA) is 171 Å². The summed E-state index contributed by atoms with van der Waals surface area (Å²) >= 11 is 0. The molecule has 6 N–H and O–H groups in total. The number of nitrogens with one attached hydrogen (secondary N) is 1. The predicted octanol–water partition coefficient (Wildman–Crippen LogP) is -1.31. The van der Waals surface area contributed by atoms with Crippen LogP contribution in [0.25, 0.3) is 0 Å². The normalized spacial score (nSPS) is 21.7. The van der Waals surface area contributed by atoms with Crippen molar-refractivity contribution in [2.75, 3.05) is 48.0 Å². The first-order chi connectivity index (χ1) is 15.0. The zero-order chi connectivity index (χ0) is 22.2. The molecule has 0 aromatic carbocycles. The summed E-state index contributed by atoms with van der Waals surface area (Å²) in [7, 11) is 0. The highest BCUT2D eigenvalue weighted by molar-refractivity contribution is 5.64. The number of aliphatic hydroxyl groups is 5. The van der Waals surface area contributed by atoms with Crippen LogP contribution in [0.2, 0.25) is 0 Å². The Morgan fingerprint density at radius 1 is 0.806 bits per heavy atom. The van der Waals surface area contributed by atoms with E-state index in [1.165, 1.54) is 12.8 Å². The summed E-state index contributed by atoms with van der Waals surface area (Å²) in [4.78, 5) is 17.8. The second kappa shape index (κ2) is 11.5. The Balaban J connectivity index is 1.72. The zero-order valence-corrected chi connectivity index (χ0v) is 17.6. The summed E-state index contributed by atoms with van der Waals surface area (Å²) in [6.07, 6.45) is 1.08. The maximum absolute atomic E-state index is 9.97. The molecule has 31 heavy (non-hydrogen) atoms. The molecule has 174 valence electrons. The zero-order valence-electron chi connectivity index (χ0n) is 17.6. The average molecular weight is 440 g/mol. The van der Waals surface area contributed by atoms with Crippen LogP contribution in [0.1, 0.15) is 38.5 Å². The molecule has 0 bridgehead atoms. The van der Waals surface area contributed by atoms with Crippen LogP contribution in [0, 0.1) is 0 Å². The van der Waals surface area contributed by atoms with E-state index in [1.807, 2.05) is 0 Å². The van der Waals surface area contributed by atoms with Crippen LogP contribution < -0.4 is 15.2 Å². The Labute approximate surface area is 181 Å². The Morgan fingerprint density at radius 3 is 1.81 bits per heavy atom. The molecule has 3 rings (SSSR count). The maximum atomic E-state index is 9.97. The second-order valence-electron chi connectivity index (χ2n) is 7.97. The van der Waals surface area contributed by atoms with E-state index in [4.69, 9.17) is 5.11 Å². The molecule has 1 aromatic heterocycles. The summed E-state index contributed by atoms with van der Waals surface area (Å²) in [6, 6.07) is 0. The highest BCUT2D eigenvalue weighted by Gasteiger charge is 2.29. The molecule has 0 unspecified atom stereocenters. The number of aromatic nitrogens is 3. The molecule has 0 saturated carbocycles. The van der Waals surface area contributed by atoms with Gasteiger partial charge >= 0.3 is 0 Å². The molecule has 12 nitrogen and oxygen atoms in total. The van der Waals surface area contributed by atoms with Crippen LogP contribution >= 0.6 is 0 Å². The van der Waals surface area contributed by atoms with Crippen LogP contribution in [0.3, 0.4) is 0 Å². The van der Waals surface area contributed by atoms with Gasteiger partial charge in [-0.1, -0.05) is 0 Å². The molecule has 12 heteroatoms. The third-order valence-electron chi connectivity index (χ3n) is 5.56. The highest BCUT2D eigenvalue weighted by atomic mass is 16.4. The van der Waals surface area contributed by atoms with Crippen molar-refractivity contribution in [3.63, 3.8) is 0 Å². The van der Waals surface area contributed by atoms with E-state index >= 15 is 0 Å². The van der Waals surface area contributed by atoms with E-state index < -0.39 is 31.0 Å². The molecule has 2 aliphatic heterocycles. The summed E-state index contributed by atoms with van der Waals surface area (Å²) in [6.45, 7) is 2.76. The van der Waals surface area contributed by atoms with Crippen molar-refractivity contribution in [2.24, 2.45) is 5.10 Å². The molecular formula is C19H33N7O5. The minimum Gasteiger partial charge on any atom is -0.394 e. The summed E-state index contributed by atoms with van der Waals surface area (Å²) in [5.41, 5.74) is 2.66. The number of aliphatic hydroxyl groups excluding tert-OH is 5. The molecule has 0 radical (unpaired) electrons. The summed E-state index contributed by atoms with van der Waals surface area (Å²) in [5.74, 6) is 1.37. The smallest absolute Gasteiger partial charge is 0.250 e. The third-order valence-corrected chi connectivity index (χ3v) is 5.56. The van der Waals surface area contributed by atoms with Crippen LogP contribution in [-0.2, 0) is 0 Å². The van der Waals surface area contributed by atoms with Crippen molar-refractivity contribution >= 4 is 24.1 Å². The Kier molecular flexibility index (Phi) is 8.72.